The Bertz CT molecular complexity index is 569. The van der Waals surface area contributed by atoms with Crippen LogP contribution >= 0.6 is 0 Å². The van der Waals surface area contributed by atoms with Gasteiger partial charge in [0.2, 0.25) is 5.91 Å². The molecule has 1 aromatic rings. The van der Waals surface area contributed by atoms with E-state index in [4.69, 9.17) is 4.74 Å². The molecule has 1 unspecified atom stereocenters. The number of aryl methyl sites for hydroxylation is 2. The molecular formula is C15H24N4O3. The molecule has 22 heavy (non-hydrogen) atoms. The number of carbonyl (C=O) groups excluding carboxylic acids is 2. The fraction of sp³-hybridized carbons (Fsp3) is 0.667. The molecule has 1 aliphatic heterocycles. The van der Waals surface area contributed by atoms with Crippen molar-refractivity contribution in [2.45, 2.75) is 39.8 Å². The van der Waals surface area contributed by atoms with Crippen LogP contribution < -0.4 is 5.32 Å². The maximum atomic E-state index is 12.4. The number of ether oxygens (including phenoxy) is 1. The summed E-state index contributed by atoms with van der Waals surface area (Å²) in [5.41, 5.74) is 1.04. The quantitative estimate of drug-likeness (QED) is 0.865. The lowest BCUT2D eigenvalue weighted by atomic mass is 10.0. The van der Waals surface area contributed by atoms with Crippen molar-refractivity contribution in [3.63, 3.8) is 0 Å². The molecule has 2 heterocycles. The van der Waals surface area contributed by atoms with E-state index in [9.17, 15) is 9.59 Å². The highest BCUT2D eigenvalue weighted by Gasteiger charge is 2.39. The number of morpholine rings is 1. The molecule has 1 aliphatic rings. The second-order valence-electron chi connectivity index (χ2n) is 5.93. The van der Waals surface area contributed by atoms with Gasteiger partial charge in [0.05, 0.1) is 25.4 Å². The Labute approximate surface area is 130 Å². The standard InChI is InChI=1S/C15H24N4O3/c1-11-9-12(2)19(17-11)6-5-16-14(21)15(4)10-18(13(3)20)7-8-22-15/h9H,5-8,10H2,1-4H3,(H,16,21). The van der Waals surface area contributed by atoms with Gasteiger partial charge in [0.25, 0.3) is 5.91 Å². The largest absolute Gasteiger partial charge is 0.362 e. The van der Waals surface area contributed by atoms with Crippen LogP contribution in [-0.2, 0) is 20.9 Å². The van der Waals surface area contributed by atoms with Crippen LogP contribution in [-0.4, -0.2) is 58.3 Å². The molecule has 0 saturated carbocycles. The van der Waals surface area contributed by atoms with E-state index in [1.807, 2.05) is 24.6 Å². The number of amides is 2. The SMILES string of the molecule is CC(=O)N1CCOC(C)(C(=O)NCCn2nc(C)cc2C)C1. The summed E-state index contributed by atoms with van der Waals surface area (Å²) >= 11 is 0. The Morgan fingerprint density at radius 2 is 2.18 bits per heavy atom. The minimum absolute atomic E-state index is 0.0371. The number of aromatic nitrogens is 2. The highest BCUT2D eigenvalue weighted by molar-refractivity contribution is 5.86. The van der Waals surface area contributed by atoms with Gasteiger partial charge >= 0.3 is 0 Å². The summed E-state index contributed by atoms with van der Waals surface area (Å²) < 4.78 is 7.47. The lowest BCUT2D eigenvalue weighted by Gasteiger charge is -2.38. The fourth-order valence-corrected chi connectivity index (χ4v) is 2.64. The Kier molecular flexibility index (Phi) is 4.85. The number of rotatable bonds is 4. The van der Waals surface area contributed by atoms with Crippen LogP contribution in [0.1, 0.15) is 25.2 Å². The summed E-state index contributed by atoms with van der Waals surface area (Å²) in [6, 6.07) is 2.00. The first-order valence-corrected chi connectivity index (χ1v) is 7.51. The van der Waals surface area contributed by atoms with E-state index < -0.39 is 5.60 Å². The second-order valence-corrected chi connectivity index (χ2v) is 5.93. The molecular weight excluding hydrogens is 284 g/mol. The Balaban J connectivity index is 1.88. The molecule has 0 aliphatic carbocycles. The second kappa shape index (κ2) is 6.48. The van der Waals surface area contributed by atoms with E-state index in [0.717, 1.165) is 11.4 Å². The Hall–Kier alpha value is -1.89. The summed E-state index contributed by atoms with van der Waals surface area (Å²) in [4.78, 5) is 25.5. The summed E-state index contributed by atoms with van der Waals surface area (Å²) in [6.07, 6.45) is 0. The first-order chi connectivity index (χ1) is 10.3. The van der Waals surface area contributed by atoms with E-state index in [1.54, 1.807) is 11.8 Å². The van der Waals surface area contributed by atoms with Gasteiger partial charge in [-0.3, -0.25) is 14.3 Å². The average Bonchev–Trinajstić information content (AvgIpc) is 2.77. The highest BCUT2D eigenvalue weighted by Crippen LogP contribution is 2.18. The molecule has 2 amide bonds. The molecule has 0 spiro atoms. The molecule has 122 valence electrons. The zero-order chi connectivity index (χ0) is 16.3. The first kappa shape index (κ1) is 16.5. The van der Waals surface area contributed by atoms with Crippen LogP contribution in [0.15, 0.2) is 6.07 Å². The topological polar surface area (TPSA) is 76.5 Å². The molecule has 1 fully saturated rings. The third kappa shape index (κ3) is 3.65. The number of hydrogen-bond donors (Lipinski definition) is 1. The zero-order valence-corrected chi connectivity index (χ0v) is 13.7. The van der Waals surface area contributed by atoms with Gasteiger partial charge in [-0.05, 0) is 26.8 Å². The van der Waals surface area contributed by atoms with Crippen LogP contribution in [0.3, 0.4) is 0 Å². The van der Waals surface area contributed by atoms with Gasteiger partial charge in [0.15, 0.2) is 5.60 Å². The van der Waals surface area contributed by atoms with Crippen molar-refractivity contribution in [1.29, 1.82) is 0 Å². The Morgan fingerprint density at radius 1 is 1.45 bits per heavy atom. The molecule has 1 atom stereocenters. The third-order valence-corrected chi connectivity index (χ3v) is 3.91. The smallest absolute Gasteiger partial charge is 0.253 e. The van der Waals surface area contributed by atoms with Crippen molar-refractivity contribution < 1.29 is 14.3 Å². The van der Waals surface area contributed by atoms with Crippen molar-refractivity contribution in [2.24, 2.45) is 0 Å². The molecule has 2 rings (SSSR count). The molecule has 7 heteroatoms. The molecule has 0 radical (unpaired) electrons. The lowest BCUT2D eigenvalue weighted by Crippen LogP contribution is -2.59. The molecule has 1 aromatic heterocycles. The zero-order valence-electron chi connectivity index (χ0n) is 13.7. The lowest BCUT2D eigenvalue weighted by molar-refractivity contribution is -0.162. The van der Waals surface area contributed by atoms with E-state index in [1.165, 1.54) is 6.92 Å². The Morgan fingerprint density at radius 3 is 2.77 bits per heavy atom. The molecule has 1 N–H and O–H groups in total. The highest BCUT2D eigenvalue weighted by atomic mass is 16.5. The maximum absolute atomic E-state index is 12.4. The van der Waals surface area contributed by atoms with Crippen LogP contribution in [0.5, 0.6) is 0 Å². The summed E-state index contributed by atoms with van der Waals surface area (Å²) in [5, 5.41) is 7.23. The van der Waals surface area contributed by atoms with Crippen LogP contribution in [0, 0.1) is 13.8 Å². The predicted octanol–water partition coefficient (Wildman–Crippen LogP) is 0.254. The average molecular weight is 308 g/mol. The van der Waals surface area contributed by atoms with Gasteiger partial charge < -0.3 is 15.0 Å². The molecule has 0 aromatic carbocycles. The van der Waals surface area contributed by atoms with Gasteiger partial charge in [0.1, 0.15) is 0 Å². The normalized spacial score (nSPS) is 21.7. The number of hydrogen-bond acceptors (Lipinski definition) is 4. The maximum Gasteiger partial charge on any atom is 0.253 e. The van der Waals surface area contributed by atoms with Crippen molar-refractivity contribution in [2.75, 3.05) is 26.2 Å². The van der Waals surface area contributed by atoms with Gasteiger partial charge in [-0.1, -0.05) is 0 Å². The minimum Gasteiger partial charge on any atom is -0.362 e. The van der Waals surface area contributed by atoms with Crippen molar-refractivity contribution in [1.82, 2.24) is 20.0 Å². The first-order valence-electron chi connectivity index (χ1n) is 7.51. The van der Waals surface area contributed by atoms with Crippen LogP contribution in [0.25, 0.3) is 0 Å². The monoisotopic (exact) mass is 308 g/mol. The van der Waals surface area contributed by atoms with Gasteiger partial charge in [-0.25, -0.2) is 0 Å². The van der Waals surface area contributed by atoms with E-state index in [2.05, 4.69) is 10.4 Å². The van der Waals surface area contributed by atoms with Gasteiger partial charge in [0, 0.05) is 25.7 Å². The van der Waals surface area contributed by atoms with Crippen LogP contribution in [0.2, 0.25) is 0 Å². The van der Waals surface area contributed by atoms with E-state index in [-0.39, 0.29) is 18.4 Å². The van der Waals surface area contributed by atoms with Crippen molar-refractivity contribution >= 4 is 11.8 Å². The number of nitrogens with zero attached hydrogens (tertiary/aromatic N) is 3. The third-order valence-electron chi connectivity index (χ3n) is 3.91. The summed E-state index contributed by atoms with van der Waals surface area (Å²) in [7, 11) is 0. The van der Waals surface area contributed by atoms with Crippen LogP contribution in [0.4, 0.5) is 0 Å². The predicted molar refractivity (Wildman–Crippen MR) is 81.3 cm³/mol. The van der Waals surface area contributed by atoms with E-state index >= 15 is 0 Å². The molecule has 7 nitrogen and oxygen atoms in total. The summed E-state index contributed by atoms with van der Waals surface area (Å²) in [6.45, 7) is 9.43. The molecule has 0 bridgehead atoms. The number of nitrogens with one attached hydrogen (secondary N) is 1. The van der Waals surface area contributed by atoms with Crippen molar-refractivity contribution in [3.8, 4) is 0 Å². The van der Waals surface area contributed by atoms with Gasteiger partial charge in [-0.15, -0.1) is 0 Å². The van der Waals surface area contributed by atoms with Crippen molar-refractivity contribution in [3.05, 3.63) is 17.5 Å². The summed E-state index contributed by atoms with van der Waals surface area (Å²) in [5.74, 6) is -0.232. The van der Waals surface area contributed by atoms with E-state index in [0.29, 0.717) is 26.2 Å². The fourth-order valence-electron chi connectivity index (χ4n) is 2.64. The number of carbonyl (C=O) groups is 2. The van der Waals surface area contributed by atoms with Gasteiger partial charge in [-0.2, -0.15) is 5.10 Å². The molecule has 1 saturated heterocycles. The minimum atomic E-state index is -0.987.